The van der Waals surface area contributed by atoms with Gasteiger partial charge < -0.3 is 5.73 Å². The molecule has 0 saturated heterocycles. The van der Waals surface area contributed by atoms with E-state index in [1.807, 2.05) is 50.4 Å². The summed E-state index contributed by atoms with van der Waals surface area (Å²) in [6, 6.07) is 11.3. The second-order valence-corrected chi connectivity index (χ2v) is 4.84. The maximum Gasteiger partial charge on any atom is 0.155 e. The number of hydrogen-bond donors (Lipinski definition) is 1. The second kappa shape index (κ2) is 5.80. The number of aromatic nitrogens is 2. The molecule has 4 heteroatoms. The zero-order valence-corrected chi connectivity index (χ0v) is 11.3. The van der Waals surface area contributed by atoms with Gasteiger partial charge in [0.1, 0.15) is 0 Å². The summed E-state index contributed by atoms with van der Waals surface area (Å²) in [5.74, 6) is 0.0480. The fourth-order valence-corrected chi connectivity index (χ4v) is 2.12. The highest BCUT2D eigenvalue weighted by molar-refractivity contribution is 5.85. The van der Waals surface area contributed by atoms with E-state index < -0.39 is 6.04 Å². The Hall–Kier alpha value is -1.94. The number of carbonyl (C=O) groups excluding carboxylic acids is 1. The number of benzene rings is 1. The minimum atomic E-state index is -0.461. The van der Waals surface area contributed by atoms with Gasteiger partial charge in [-0.15, -0.1) is 0 Å². The van der Waals surface area contributed by atoms with Gasteiger partial charge in [0.2, 0.25) is 0 Å². The van der Waals surface area contributed by atoms with Gasteiger partial charge in [-0.1, -0.05) is 30.3 Å². The smallest absolute Gasteiger partial charge is 0.155 e. The molecule has 4 nitrogen and oxygen atoms in total. The van der Waals surface area contributed by atoms with Crippen LogP contribution in [0.2, 0.25) is 0 Å². The Kier molecular flexibility index (Phi) is 4.12. The molecule has 2 rings (SSSR count). The van der Waals surface area contributed by atoms with Crippen LogP contribution in [0.4, 0.5) is 0 Å². The van der Waals surface area contributed by atoms with Gasteiger partial charge in [-0.3, -0.25) is 9.48 Å². The first kappa shape index (κ1) is 13.5. The molecule has 1 heterocycles. The van der Waals surface area contributed by atoms with Crippen molar-refractivity contribution < 1.29 is 4.79 Å². The first-order valence-corrected chi connectivity index (χ1v) is 6.38. The number of rotatable bonds is 5. The van der Waals surface area contributed by atoms with Gasteiger partial charge in [0.05, 0.1) is 18.2 Å². The third kappa shape index (κ3) is 3.51. The molecule has 0 aliphatic heterocycles. The Morgan fingerprint density at radius 2 is 2.05 bits per heavy atom. The topological polar surface area (TPSA) is 60.9 Å². The predicted octanol–water partition coefficient (Wildman–Crippen LogP) is 1.41. The largest absolute Gasteiger partial charge is 0.321 e. The quantitative estimate of drug-likeness (QED) is 0.881. The lowest BCUT2D eigenvalue weighted by atomic mass is 10.0. The molecule has 1 unspecified atom stereocenters. The predicted molar refractivity (Wildman–Crippen MR) is 74.8 cm³/mol. The van der Waals surface area contributed by atoms with Crippen molar-refractivity contribution in [2.45, 2.75) is 25.8 Å². The van der Waals surface area contributed by atoms with Gasteiger partial charge in [0, 0.05) is 12.7 Å². The van der Waals surface area contributed by atoms with Crippen LogP contribution in [-0.4, -0.2) is 21.6 Å². The third-order valence-electron chi connectivity index (χ3n) is 3.17. The van der Waals surface area contributed by atoms with E-state index in [4.69, 9.17) is 5.73 Å². The summed E-state index contributed by atoms with van der Waals surface area (Å²) in [5.41, 5.74) is 8.89. The van der Waals surface area contributed by atoms with Crippen LogP contribution in [0.3, 0.4) is 0 Å². The van der Waals surface area contributed by atoms with E-state index in [9.17, 15) is 4.79 Å². The van der Waals surface area contributed by atoms with Crippen molar-refractivity contribution in [3.8, 4) is 0 Å². The maximum atomic E-state index is 12.1. The normalized spacial score (nSPS) is 12.4. The van der Waals surface area contributed by atoms with Crippen molar-refractivity contribution in [3.05, 3.63) is 53.3 Å². The monoisotopic (exact) mass is 257 g/mol. The highest BCUT2D eigenvalue weighted by Gasteiger charge is 2.16. The van der Waals surface area contributed by atoms with Crippen LogP contribution in [0.25, 0.3) is 0 Å². The molecule has 0 spiro atoms. The molecule has 19 heavy (non-hydrogen) atoms. The first-order valence-electron chi connectivity index (χ1n) is 6.38. The zero-order valence-electron chi connectivity index (χ0n) is 11.3. The first-order chi connectivity index (χ1) is 9.06. The number of ketones is 1. The molecule has 2 aromatic rings. The molecular weight excluding hydrogens is 238 g/mol. The molecule has 2 N–H and O–H groups in total. The summed E-state index contributed by atoms with van der Waals surface area (Å²) in [5, 5.41) is 4.23. The van der Waals surface area contributed by atoms with Crippen molar-refractivity contribution in [2.75, 3.05) is 0 Å². The van der Waals surface area contributed by atoms with Gasteiger partial charge in [-0.25, -0.2) is 0 Å². The van der Waals surface area contributed by atoms with Gasteiger partial charge in [-0.2, -0.15) is 5.10 Å². The molecule has 0 fully saturated rings. The third-order valence-corrected chi connectivity index (χ3v) is 3.17. The van der Waals surface area contributed by atoms with E-state index in [1.54, 1.807) is 4.68 Å². The van der Waals surface area contributed by atoms with E-state index in [2.05, 4.69) is 5.10 Å². The zero-order chi connectivity index (χ0) is 13.8. The van der Waals surface area contributed by atoms with E-state index >= 15 is 0 Å². The maximum absolute atomic E-state index is 12.1. The van der Waals surface area contributed by atoms with E-state index in [-0.39, 0.29) is 5.78 Å². The summed E-state index contributed by atoms with van der Waals surface area (Å²) in [6.07, 6.45) is 0.918. The average molecular weight is 257 g/mol. The lowest BCUT2D eigenvalue weighted by Gasteiger charge is -2.10. The standard InChI is InChI=1S/C15H19N3O/c1-11-8-13(18(2)17-11)10-15(19)14(16)9-12-6-4-3-5-7-12/h3-8,14H,9-10,16H2,1-2H3. The Labute approximate surface area is 113 Å². The lowest BCUT2D eigenvalue weighted by Crippen LogP contribution is -2.34. The molecule has 0 aliphatic rings. The number of hydrogen-bond acceptors (Lipinski definition) is 3. The molecule has 0 aliphatic carbocycles. The summed E-state index contributed by atoms with van der Waals surface area (Å²) >= 11 is 0. The molecule has 0 radical (unpaired) electrons. The highest BCUT2D eigenvalue weighted by Crippen LogP contribution is 2.07. The summed E-state index contributed by atoms with van der Waals surface area (Å²) in [7, 11) is 1.85. The Morgan fingerprint density at radius 1 is 1.37 bits per heavy atom. The van der Waals surface area contributed by atoms with Gasteiger partial charge in [-0.05, 0) is 25.0 Å². The number of nitrogens with two attached hydrogens (primary N) is 1. The molecular formula is C15H19N3O. The number of nitrogens with zero attached hydrogens (tertiary/aromatic N) is 2. The highest BCUT2D eigenvalue weighted by atomic mass is 16.1. The molecule has 1 atom stereocenters. The van der Waals surface area contributed by atoms with E-state index in [1.165, 1.54) is 0 Å². The Bertz CT molecular complexity index is 560. The molecule has 100 valence electrons. The molecule has 0 bridgehead atoms. The van der Waals surface area contributed by atoms with Crippen LogP contribution < -0.4 is 5.73 Å². The minimum absolute atomic E-state index is 0.0480. The Morgan fingerprint density at radius 3 is 2.63 bits per heavy atom. The van der Waals surface area contributed by atoms with Crippen molar-refractivity contribution in [1.82, 2.24) is 9.78 Å². The van der Waals surface area contributed by atoms with Crippen LogP contribution in [0.15, 0.2) is 36.4 Å². The lowest BCUT2D eigenvalue weighted by molar-refractivity contribution is -0.119. The summed E-state index contributed by atoms with van der Waals surface area (Å²) < 4.78 is 1.74. The van der Waals surface area contributed by atoms with Crippen molar-refractivity contribution in [1.29, 1.82) is 0 Å². The van der Waals surface area contributed by atoms with Gasteiger partial charge in [0.25, 0.3) is 0 Å². The fourth-order valence-electron chi connectivity index (χ4n) is 2.12. The van der Waals surface area contributed by atoms with Crippen LogP contribution in [0, 0.1) is 6.92 Å². The van der Waals surface area contributed by atoms with Crippen molar-refractivity contribution in [3.63, 3.8) is 0 Å². The van der Waals surface area contributed by atoms with Crippen LogP contribution in [0.1, 0.15) is 17.0 Å². The van der Waals surface area contributed by atoms with Gasteiger partial charge >= 0.3 is 0 Å². The minimum Gasteiger partial charge on any atom is -0.321 e. The number of carbonyl (C=O) groups is 1. The van der Waals surface area contributed by atoms with E-state index in [0.717, 1.165) is 17.0 Å². The van der Waals surface area contributed by atoms with Crippen LogP contribution in [-0.2, 0) is 24.7 Å². The Balaban J connectivity index is 1.98. The SMILES string of the molecule is Cc1cc(CC(=O)C(N)Cc2ccccc2)n(C)n1. The number of aryl methyl sites for hydroxylation is 2. The molecule has 0 saturated carbocycles. The van der Waals surface area contributed by atoms with Crippen molar-refractivity contribution in [2.24, 2.45) is 12.8 Å². The van der Waals surface area contributed by atoms with Crippen LogP contribution in [0.5, 0.6) is 0 Å². The summed E-state index contributed by atoms with van der Waals surface area (Å²) in [6.45, 7) is 1.91. The van der Waals surface area contributed by atoms with Crippen molar-refractivity contribution >= 4 is 5.78 Å². The number of Topliss-reactive ketones (excluding diaryl/α,β-unsaturated/α-hetero) is 1. The fraction of sp³-hybridized carbons (Fsp3) is 0.333. The van der Waals surface area contributed by atoms with E-state index in [0.29, 0.717) is 12.8 Å². The van der Waals surface area contributed by atoms with Gasteiger partial charge in [0.15, 0.2) is 5.78 Å². The second-order valence-electron chi connectivity index (χ2n) is 4.84. The summed E-state index contributed by atoms with van der Waals surface area (Å²) in [4.78, 5) is 12.1. The molecule has 0 amide bonds. The van der Waals surface area contributed by atoms with Crippen LogP contribution >= 0.6 is 0 Å². The molecule has 1 aromatic heterocycles. The average Bonchev–Trinajstić information content (AvgIpc) is 2.69. The molecule has 1 aromatic carbocycles.